The fraction of sp³-hybridized carbons (Fsp3) is 0.800. The van der Waals surface area contributed by atoms with Crippen LogP contribution in [-0.2, 0) is 0 Å². The second-order valence-electron chi connectivity index (χ2n) is 4.14. The minimum absolute atomic E-state index is 0.0828. The molecule has 0 aromatic heterocycles. The zero-order chi connectivity index (χ0) is 8.48. The summed E-state index contributed by atoms with van der Waals surface area (Å²) < 4.78 is 0. The van der Waals surface area contributed by atoms with Gasteiger partial charge in [-0.25, -0.2) is 0 Å². The number of allylic oxidation sites excluding steroid dienone is 1. The van der Waals surface area contributed by atoms with E-state index < -0.39 is 0 Å². The number of rotatable bonds is 1. The molecule has 0 amide bonds. The Morgan fingerprint density at radius 3 is 2.55 bits per heavy atom. The molecule has 0 fully saturated rings. The molecule has 0 saturated heterocycles. The van der Waals surface area contributed by atoms with E-state index in [9.17, 15) is 0 Å². The smallest absolute Gasteiger partial charge is 0.0215 e. The first-order chi connectivity index (χ1) is 5.04. The molecule has 2 N–H and O–H groups in total. The Hall–Kier alpha value is -0.300. The van der Waals surface area contributed by atoms with E-state index in [0.717, 1.165) is 12.8 Å². The van der Waals surface area contributed by atoms with Crippen LogP contribution < -0.4 is 5.73 Å². The van der Waals surface area contributed by atoms with E-state index in [1.54, 1.807) is 0 Å². The third-order valence-corrected chi connectivity index (χ3v) is 2.97. The van der Waals surface area contributed by atoms with Crippen molar-refractivity contribution in [2.24, 2.45) is 11.7 Å². The summed E-state index contributed by atoms with van der Waals surface area (Å²) in [5.41, 5.74) is 7.81. The van der Waals surface area contributed by atoms with E-state index in [1.807, 2.05) is 0 Å². The van der Waals surface area contributed by atoms with Crippen molar-refractivity contribution in [1.82, 2.24) is 0 Å². The lowest BCUT2D eigenvalue weighted by atomic mass is 9.76. The van der Waals surface area contributed by atoms with Gasteiger partial charge in [-0.2, -0.15) is 0 Å². The van der Waals surface area contributed by atoms with E-state index >= 15 is 0 Å². The first kappa shape index (κ1) is 8.79. The molecule has 0 bridgehead atoms. The van der Waals surface area contributed by atoms with Crippen LogP contribution >= 0.6 is 0 Å². The van der Waals surface area contributed by atoms with Crippen molar-refractivity contribution < 1.29 is 0 Å². The lowest BCUT2D eigenvalue weighted by Crippen LogP contribution is -2.45. The molecule has 1 atom stereocenters. The van der Waals surface area contributed by atoms with Crippen LogP contribution in [-0.4, -0.2) is 5.54 Å². The molecule has 1 unspecified atom stereocenters. The second kappa shape index (κ2) is 2.98. The Labute approximate surface area is 69.7 Å². The molecule has 0 heterocycles. The molecule has 0 radical (unpaired) electrons. The van der Waals surface area contributed by atoms with Crippen LogP contribution in [0.2, 0.25) is 0 Å². The third-order valence-electron chi connectivity index (χ3n) is 2.97. The minimum atomic E-state index is 0.0828. The maximum absolute atomic E-state index is 6.22. The van der Waals surface area contributed by atoms with Crippen molar-refractivity contribution in [3.05, 3.63) is 11.6 Å². The topological polar surface area (TPSA) is 26.0 Å². The molecular weight excluding hydrogens is 134 g/mol. The van der Waals surface area contributed by atoms with Gasteiger partial charge < -0.3 is 5.73 Å². The van der Waals surface area contributed by atoms with Gasteiger partial charge in [0.2, 0.25) is 0 Å². The highest BCUT2D eigenvalue weighted by atomic mass is 14.7. The van der Waals surface area contributed by atoms with Gasteiger partial charge >= 0.3 is 0 Å². The van der Waals surface area contributed by atoms with Crippen molar-refractivity contribution in [3.63, 3.8) is 0 Å². The molecule has 1 aliphatic rings. The fourth-order valence-corrected chi connectivity index (χ4v) is 1.52. The van der Waals surface area contributed by atoms with E-state index in [1.165, 1.54) is 12.0 Å². The Morgan fingerprint density at radius 2 is 2.18 bits per heavy atom. The molecule has 0 aromatic carbocycles. The summed E-state index contributed by atoms with van der Waals surface area (Å²) in [7, 11) is 0. The van der Waals surface area contributed by atoms with Crippen LogP contribution in [0.25, 0.3) is 0 Å². The van der Waals surface area contributed by atoms with E-state index in [-0.39, 0.29) is 5.54 Å². The molecule has 1 aliphatic carbocycles. The molecule has 64 valence electrons. The van der Waals surface area contributed by atoms with Crippen LogP contribution in [0.15, 0.2) is 11.6 Å². The Balaban J connectivity index is 2.64. The molecule has 1 heteroatoms. The van der Waals surface area contributed by atoms with Crippen LogP contribution in [0.4, 0.5) is 0 Å². The predicted molar refractivity (Wildman–Crippen MR) is 49.4 cm³/mol. The molecule has 0 aliphatic heterocycles. The molecule has 11 heavy (non-hydrogen) atoms. The lowest BCUT2D eigenvalue weighted by Gasteiger charge is -2.36. The first-order valence-corrected chi connectivity index (χ1v) is 4.49. The molecule has 0 spiro atoms. The highest BCUT2D eigenvalue weighted by Gasteiger charge is 2.29. The molecule has 0 aromatic rings. The van der Waals surface area contributed by atoms with Crippen molar-refractivity contribution in [3.8, 4) is 0 Å². The molecule has 1 rings (SSSR count). The maximum Gasteiger partial charge on any atom is 0.0215 e. The number of nitrogens with two attached hydrogens (primary N) is 1. The molecular formula is C10H19N. The second-order valence-corrected chi connectivity index (χ2v) is 4.14. The first-order valence-electron chi connectivity index (χ1n) is 4.49. The fourth-order valence-electron chi connectivity index (χ4n) is 1.52. The van der Waals surface area contributed by atoms with Gasteiger partial charge in [0.05, 0.1) is 0 Å². The third kappa shape index (κ3) is 1.84. The summed E-state index contributed by atoms with van der Waals surface area (Å²) in [6.45, 7) is 6.63. The Bertz CT molecular complexity index is 170. The van der Waals surface area contributed by atoms with Crippen molar-refractivity contribution >= 4 is 0 Å². The standard InChI is InChI=1S/C10H19N/c1-8(2)10(11)6-4-9(3)5-7-10/h4,8H,5-7,11H2,1-3H3. The summed E-state index contributed by atoms with van der Waals surface area (Å²) >= 11 is 0. The SMILES string of the molecule is CC1=CCC(N)(C(C)C)CC1. The van der Waals surface area contributed by atoms with Gasteiger partial charge in [0.1, 0.15) is 0 Å². The summed E-state index contributed by atoms with van der Waals surface area (Å²) in [6.07, 6.45) is 5.71. The van der Waals surface area contributed by atoms with Crippen molar-refractivity contribution in [1.29, 1.82) is 0 Å². The quantitative estimate of drug-likeness (QED) is 0.575. The van der Waals surface area contributed by atoms with Crippen molar-refractivity contribution in [2.75, 3.05) is 0 Å². The Morgan fingerprint density at radius 1 is 1.55 bits per heavy atom. The van der Waals surface area contributed by atoms with E-state index in [2.05, 4.69) is 26.8 Å². The lowest BCUT2D eigenvalue weighted by molar-refractivity contribution is 0.280. The Kier molecular flexibility index (Phi) is 2.38. The average Bonchev–Trinajstić information content (AvgIpc) is 1.95. The van der Waals surface area contributed by atoms with Gasteiger partial charge in [-0.1, -0.05) is 25.5 Å². The zero-order valence-corrected chi connectivity index (χ0v) is 7.85. The van der Waals surface area contributed by atoms with Gasteiger partial charge in [0.25, 0.3) is 0 Å². The summed E-state index contributed by atoms with van der Waals surface area (Å²) in [5.74, 6) is 0.604. The van der Waals surface area contributed by atoms with Crippen LogP contribution in [0, 0.1) is 5.92 Å². The van der Waals surface area contributed by atoms with E-state index in [0.29, 0.717) is 5.92 Å². The van der Waals surface area contributed by atoms with Crippen LogP contribution in [0.5, 0.6) is 0 Å². The average molecular weight is 153 g/mol. The summed E-state index contributed by atoms with van der Waals surface area (Å²) in [4.78, 5) is 0. The number of hydrogen-bond donors (Lipinski definition) is 1. The zero-order valence-electron chi connectivity index (χ0n) is 7.85. The number of hydrogen-bond acceptors (Lipinski definition) is 1. The monoisotopic (exact) mass is 153 g/mol. The van der Waals surface area contributed by atoms with Gasteiger partial charge in [-0.05, 0) is 32.1 Å². The maximum atomic E-state index is 6.22. The largest absolute Gasteiger partial charge is 0.325 e. The highest BCUT2D eigenvalue weighted by molar-refractivity contribution is 5.10. The van der Waals surface area contributed by atoms with Crippen LogP contribution in [0.3, 0.4) is 0 Å². The van der Waals surface area contributed by atoms with E-state index in [4.69, 9.17) is 5.73 Å². The highest BCUT2D eigenvalue weighted by Crippen LogP contribution is 2.30. The predicted octanol–water partition coefficient (Wildman–Crippen LogP) is 2.47. The van der Waals surface area contributed by atoms with Gasteiger partial charge in [-0.15, -0.1) is 0 Å². The molecule has 1 nitrogen and oxygen atoms in total. The normalized spacial score (nSPS) is 32.3. The van der Waals surface area contributed by atoms with Gasteiger partial charge in [-0.3, -0.25) is 0 Å². The summed E-state index contributed by atoms with van der Waals surface area (Å²) in [6, 6.07) is 0. The minimum Gasteiger partial charge on any atom is -0.325 e. The van der Waals surface area contributed by atoms with Gasteiger partial charge in [0.15, 0.2) is 0 Å². The molecule has 0 saturated carbocycles. The van der Waals surface area contributed by atoms with Gasteiger partial charge in [0, 0.05) is 5.54 Å². The van der Waals surface area contributed by atoms with Crippen molar-refractivity contribution in [2.45, 2.75) is 45.6 Å². The summed E-state index contributed by atoms with van der Waals surface area (Å²) in [5, 5.41) is 0. The van der Waals surface area contributed by atoms with Crippen LogP contribution in [0.1, 0.15) is 40.0 Å².